The summed E-state index contributed by atoms with van der Waals surface area (Å²) in [4.78, 5) is 16.6. The number of hydrogen-bond acceptors (Lipinski definition) is 5. The quantitative estimate of drug-likeness (QED) is 0.270. The van der Waals surface area contributed by atoms with E-state index in [1.54, 1.807) is 31.0 Å². The lowest BCUT2D eigenvalue weighted by Gasteiger charge is -2.39. The first kappa shape index (κ1) is 27.8. The third kappa shape index (κ3) is 6.51. The van der Waals surface area contributed by atoms with E-state index in [2.05, 4.69) is 17.1 Å². The van der Waals surface area contributed by atoms with E-state index in [1.165, 1.54) is 6.42 Å². The van der Waals surface area contributed by atoms with Gasteiger partial charge in [0.1, 0.15) is 6.61 Å². The monoisotopic (exact) mass is 582 g/mol. The maximum atomic E-state index is 13.8. The number of rotatable bonds is 8. The van der Waals surface area contributed by atoms with E-state index in [9.17, 15) is 4.79 Å². The van der Waals surface area contributed by atoms with Crippen LogP contribution < -0.4 is 14.8 Å². The van der Waals surface area contributed by atoms with Crippen molar-refractivity contribution in [1.82, 2.24) is 4.90 Å². The van der Waals surface area contributed by atoms with Crippen molar-refractivity contribution in [2.45, 2.75) is 50.8 Å². The van der Waals surface area contributed by atoms with Gasteiger partial charge in [0.25, 0.3) is 5.91 Å². The van der Waals surface area contributed by atoms with E-state index in [0.29, 0.717) is 39.0 Å². The molecule has 1 saturated carbocycles. The molecule has 2 aliphatic rings. The third-order valence-corrected chi connectivity index (χ3v) is 9.14. The van der Waals surface area contributed by atoms with E-state index >= 15 is 0 Å². The van der Waals surface area contributed by atoms with Crippen molar-refractivity contribution >= 4 is 52.6 Å². The van der Waals surface area contributed by atoms with Crippen LogP contribution in [0.1, 0.15) is 43.7 Å². The molecule has 3 atom stereocenters. The molecule has 5 rings (SSSR count). The molecule has 1 aliphatic carbocycles. The van der Waals surface area contributed by atoms with E-state index in [1.807, 2.05) is 60.7 Å². The second-order valence-electron chi connectivity index (χ2n) is 9.98. The van der Waals surface area contributed by atoms with Crippen LogP contribution in [0.4, 0.5) is 5.69 Å². The van der Waals surface area contributed by atoms with Gasteiger partial charge in [0.15, 0.2) is 17.0 Å². The number of benzene rings is 3. The van der Waals surface area contributed by atoms with Crippen molar-refractivity contribution in [1.29, 1.82) is 0 Å². The summed E-state index contributed by atoms with van der Waals surface area (Å²) in [6.45, 7) is 2.59. The van der Waals surface area contributed by atoms with Crippen molar-refractivity contribution in [3.63, 3.8) is 0 Å². The number of anilines is 1. The Labute approximate surface area is 244 Å². The van der Waals surface area contributed by atoms with Crippen LogP contribution in [-0.4, -0.2) is 29.5 Å². The van der Waals surface area contributed by atoms with Crippen molar-refractivity contribution in [3.05, 3.63) is 92.8 Å². The predicted octanol–water partition coefficient (Wildman–Crippen LogP) is 8.47. The molecule has 2 fully saturated rings. The zero-order valence-corrected chi connectivity index (χ0v) is 24.4. The zero-order chi connectivity index (χ0) is 27.4. The summed E-state index contributed by atoms with van der Waals surface area (Å²) in [5.41, 5.74) is 2.62. The van der Waals surface area contributed by atoms with Crippen LogP contribution >= 0.6 is 35.0 Å². The molecule has 5 nitrogen and oxygen atoms in total. The summed E-state index contributed by atoms with van der Waals surface area (Å²) in [5.74, 6) is 1.75. The molecule has 0 bridgehead atoms. The lowest BCUT2D eigenvalue weighted by Crippen LogP contribution is -2.48. The molecule has 1 unspecified atom stereocenters. The van der Waals surface area contributed by atoms with Crippen LogP contribution in [0.15, 0.2) is 71.6 Å². The van der Waals surface area contributed by atoms with Crippen LogP contribution in [0.25, 0.3) is 6.08 Å². The number of carbonyl (C=O) groups excluding carboxylic acids is 1. The molecular weight excluding hydrogens is 551 g/mol. The van der Waals surface area contributed by atoms with Crippen LogP contribution in [0.3, 0.4) is 0 Å². The molecule has 39 heavy (non-hydrogen) atoms. The zero-order valence-electron chi connectivity index (χ0n) is 22.0. The van der Waals surface area contributed by atoms with E-state index < -0.39 is 0 Å². The van der Waals surface area contributed by atoms with Gasteiger partial charge in [0.05, 0.1) is 22.1 Å². The van der Waals surface area contributed by atoms with Gasteiger partial charge in [-0.3, -0.25) is 4.79 Å². The third-order valence-electron chi connectivity index (χ3n) is 7.29. The average Bonchev–Trinajstić information content (AvgIpc) is 3.24. The molecule has 0 aromatic heterocycles. The van der Waals surface area contributed by atoms with Gasteiger partial charge in [0.2, 0.25) is 0 Å². The van der Waals surface area contributed by atoms with E-state index in [-0.39, 0.29) is 17.4 Å². The van der Waals surface area contributed by atoms with Crippen molar-refractivity contribution in [2.75, 3.05) is 12.4 Å². The summed E-state index contributed by atoms with van der Waals surface area (Å²) in [6.07, 6.45) is 6.52. The van der Waals surface area contributed by atoms with E-state index in [0.717, 1.165) is 36.1 Å². The van der Waals surface area contributed by atoms with Gasteiger partial charge in [0, 0.05) is 11.7 Å². The molecule has 1 saturated heterocycles. The normalized spacial score (nSPS) is 22.3. The van der Waals surface area contributed by atoms with Crippen LogP contribution in [0.2, 0.25) is 10.0 Å². The number of carbonyl (C=O) groups is 1. The Balaban J connectivity index is 1.37. The highest BCUT2D eigenvalue weighted by Crippen LogP contribution is 2.42. The second-order valence-corrected chi connectivity index (χ2v) is 11.9. The SMILES string of the molecule is COc1cc(/C=C2\SC(Nc3ccccc3)N([C@H]3CCCC[C@@H]3C)C2=O)ccc1OCc1ccc(Cl)c(Cl)c1. The fourth-order valence-electron chi connectivity index (χ4n) is 5.20. The molecular formula is C31H32Cl2N2O3S. The van der Waals surface area contributed by atoms with Gasteiger partial charge in [-0.1, -0.05) is 85.1 Å². The summed E-state index contributed by atoms with van der Waals surface area (Å²) >= 11 is 13.7. The van der Waals surface area contributed by atoms with Gasteiger partial charge >= 0.3 is 0 Å². The number of nitrogens with zero attached hydrogens (tertiary/aromatic N) is 1. The number of halogens is 2. The lowest BCUT2D eigenvalue weighted by atomic mass is 9.85. The number of amides is 1. The molecule has 1 heterocycles. The first-order chi connectivity index (χ1) is 18.9. The lowest BCUT2D eigenvalue weighted by molar-refractivity contribution is -0.129. The molecule has 1 N–H and O–H groups in total. The Bertz CT molecular complexity index is 1350. The van der Waals surface area contributed by atoms with Crippen molar-refractivity contribution < 1.29 is 14.3 Å². The van der Waals surface area contributed by atoms with Gasteiger partial charge in [-0.05, 0) is 72.4 Å². The van der Waals surface area contributed by atoms with Gasteiger partial charge in [-0.15, -0.1) is 0 Å². The molecule has 204 valence electrons. The predicted molar refractivity (Wildman–Crippen MR) is 161 cm³/mol. The molecule has 3 aromatic rings. The topological polar surface area (TPSA) is 50.8 Å². The van der Waals surface area contributed by atoms with Crippen LogP contribution in [0, 0.1) is 5.92 Å². The summed E-state index contributed by atoms with van der Waals surface area (Å²) in [6, 6.07) is 21.4. The fourth-order valence-corrected chi connectivity index (χ4v) is 6.73. The maximum absolute atomic E-state index is 13.8. The molecule has 0 spiro atoms. The number of hydrogen-bond donors (Lipinski definition) is 1. The Kier molecular flexibility index (Phi) is 8.96. The second kappa shape index (κ2) is 12.6. The summed E-state index contributed by atoms with van der Waals surface area (Å²) < 4.78 is 11.6. The molecule has 3 aromatic carbocycles. The Morgan fingerprint density at radius 3 is 2.54 bits per heavy atom. The number of nitrogens with one attached hydrogen (secondary N) is 1. The smallest absolute Gasteiger partial charge is 0.262 e. The molecule has 1 amide bonds. The minimum absolute atomic E-state index is 0.0751. The highest BCUT2D eigenvalue weighted by Gasteiger charge is 2.42. The van der Waals surface area contributed by atoms with E-state index in [4.69, 9.17) is 32.7 Å². The summed E-state index contributed by atoms with van der Waals surface area (Å²) in [7, 11) is 1.61. The largest absolute Gasteiger partial charge is 0.493 e. The van der Waals surface area contributed by atoms with Gasteiger partial charge < -0.3 is 19.7 Å². The minimum Gasteiger partial charge on any atom is -0.493 e. The number of ether oxygens (including phenoxy) is 2. The van der Waals surface area contributed by atoms with Crippen molar-refractivity contribution in [2.24, 2.45) is 5.92 Å². The first-order valence-electron chi connectivity index (χ1n) is 13.2. The average molecular weight is 584 g/mol. The summed E-state index contributed by atoms with van der Waals surface area (Å²) in [5, 5.41) is 4.59. The highest BCUT2D eigenvalue weighted by atomic mass is 35.5. The highest BCUT2D eigenvalue weighted by molar-refractivity contribution is 8.05. The maximum Gasteiger partial charge on any atom is 0.262 e. The fraction of sp³-hybridized carbons (Fsp3) is 0.323. The molecule has 8 heteroatoms. The Morgan fingerprint density at radius 2 is 1.79 bits per heavy atom. The van der Waals surface area contributed by atoms with Crippen LogP contribution in [0.5, 0.6) is 11.5 Å². The standard InChI is InChI=1S/C31H32Cl2N2O3S/c1-20-8-6-7-11-26(20)35-30(36)29(39-31(35)34-23-9-4-3-5-10-23)18-21-13-15-27(28(17-21)37-2)38-19-22-12-14-24(32)25(33)16-22/h3-5,9-10,12-18,20,26,31,34H,6-8,11,19H2,1-2H3/b29-18-/t20-,26-,31?/m0/s1. The number of thioether (sulfide) groups is 1. The Morgan fingerprint density at radius 1 is 1.00 bits per heavy atom. The minimum atomic E-state index is -0.160. The van der Waals surface area contributed by atoms with Crippen LogP contribution in [-0.2, 0) is 11.4 Å². The Hall–Kier alpha value is -2.80. The first-order valence-corrected chi connectivity index (χ1v) is 14.8. The van der Waals surface area contributed by atoms with Gasteiger partial charge in [-0.2, -0.15) is 0 Å². The number of para-hydroxylation sites is 1. The van der Waals surface area contributed by atoms with Crippen molar-refractivity contribution in [3.8, 4) is 11.5 Å². The molecule has 0 radical (unpaired) electrons. The van der Waals surface area contributed by atoms with Gasteiger partial charge in [-0.25, -0.2) is 0 Å². The number of methoxy groups -OCH3 is 1. The molecule has 1 aliphatic heterocycles.